The number of halogens is 1. The molecule has 0 radical (unpaired) electrons. The molecule has 1 atom stereocenters. The minimum Gasteiger partial charge on any atom is -0.345 e. The molecule has 2 N–H and O–H groups in total. The molecule has 1 aromatic carbocycles. The first-order chi connectivity index (χ1) is 13.2. The summed E-state index contributed by atoms with van der Waals surface area (Å²) in [5.74, 6) is 0.425. The van der Waals surface area contributed by atoms with Gasteiger partial charge in [-0.3, -0.25) is 9.89 Å². The Morgan fingerprint density at radius 1 is 1.46 bits per heavy atom. The molecule has 28 heavy (non-hydrogen) atoms. The number of carbonyl (C=O) groups excluding carboxylic acids is 1. The predicted octanol–water partition coefficient (Wildman–Crippen LogP) is 2.48. The fourth-order valence-electron chi connectivity index (χ4n) is 3.15. The highest BCUT2D eigenvalue weighted by Gasteiger charge is 2.30. The molecule has 1 aliphatic rings. The lowest BCUT2D eigenvalue weighted by atomic mass is 10.0. The van der Waals surface area contributed by atoms with Crippen LogP contribution >= 0.6 is 23.8 Å². The number of sulfonamides is 1. The van der Waals surface area contributed by atoms with Gasteiger partial charge in [0.1, 0.15) is 4.90 Å². The zero-order valence-corrected chi connectivity index (χ0v) is 18.0. The first kappa shape index (κ1) is 21.0. The van der Waals surface area contributed by atoms with Crippen molar-refractivity contribution in [2.45, 2.75) is 31.2 Å². The summed E-state index contributed by atoms with van der Waals surface area (Å²) in [7, 11) is -2.03. The molecule has 8 nitrogen and oxygen atoms in total. The first-order valence-corrected chi connectivity index (χ1v) is 11.1. The number of carbonyl (C=O) groups is 1. The van der Waals surface area contributed by atoms with Crippen molar-refractivity contribution in [1.82, 2.24) is 24.4 Å². The summed E-state index contributed by atoms with van der Waals surface area (Å²) >= 11 is 11.2. The van der Waals surface area contributed by atoms with Gasteiger partial charge in [-0.2, -0.15) is 9.40 Å². The van der Waals surface area contributed by atoms with Gasteiger partial charge in [-0.15, -0.1) is 0 Å². The number of piperidine rings is 1. The summed E-state index contributed by atoms with van der Waals surface area (Å²) < 4.78 is 29.6. The Labute approximate surface area is 173 Å². The number of rotatable bonds is 5. The third-order valence-electron chi connectivity index (χ3n) is 4.81. The molecule has 0 spiro atoms. The van der Waals surface area contributed by atoms with Crippen molar-refractivity contribution in [3.8, 4) is 0 Å². The summed E-state index contributed by atoms with van der Waals surface area (Å²) in [6, 6.07) is 4.26. The molecule has 1 amide bonds. The number of nitrogens with zero attached hydrogens (tertiary/aromatic N) is 3. The summed E-state index contributed by atoms with van der Waals surface area (Å²) in [4.78, 5) is 12.5. The van der Waals surface area contributed by atoms with E-state index in [0.29, 0.717) is 23.7 Å². The van der Waals surface area contributed by atoms with Crippen LogP contribution in [0.25, 0.3) is 0 Å². The largest absolute Gasteiger partial charge is 0.345 e. The molecule has 152 valence electrons. The monoisotopic (exact) mass is 443 g/mol. The van der Waals surface area contributed by atoms with Gasteiger partial charge in [0, 0.05) is 25.7 Å². The van der Waals surface area contributed by atoms with Crippen molar-refractivity contribution < 1.29 is 13.2 Å². The van der Waals surface area contributed by atoms with Gasteiger partial charge < -0.3 is 9.88 Å². The number of aromatic amines is 1. The summed E-state index contributed by atoms with van der Waals surface area (Å²) in [5.41, 5.74) is 0.213. The van der Waals surface area contributed by atoms with Crippen LogP contribution in [0.1, 0.15) is 35.9 Å². The SMILES string of the molecule is CC1CCCN(S(=O)(=O)c2cc(C(=O)NCc3n[nH]c(=S)n3C)ccc2Cl)C1. The van der Waals surface area contributed by atoms with Crippen molar-refractivity contribution in [2.24, 2.45) is 13.0 Å². The first-order valence-electron chi connectivity index (χ1n) is 8.88. The molecule has 1 saturated heterocycles. The molecular weight excluding hydrogens is 422 g/mol. The standard InChI is InChI=1S/C17H22ClN5O3S2/c1-11-4-3-7-23(10-11)28(25,26)14-8-12(5-6-13(14)18)16(24)19-9-15-20-21-17(27)22(15)2/h5-6,8,11H,3-4,7,9-10H2,1-2H3,(H,19,24)(H,21,27). The van der Waals surface area contributed by atoms with E-state index >= 15 is 0 Å². The van der Waals surface area contributed by atoms with Crippen LogP contribution in [0.15, 0.2) is 23.1 Å². The third kappa shape index (κ3) is 4.29. The molecule has 1 unspecified atom stereocenters. The Hall–Kier alpha value is -1.75. The summed E-state index contributed by atoms with van der Waals surface area (Å²) in [6.45, 7) is 3.08. The number of aromatic nitrogens is 3. The average molecular weight is 444 g/mol. The van der Waals surface area contributed by atoms with Gasteiger partial charge in [0.25, 0.3) is 5.91 Å². The second-order valence-electron chi connectivity index (χ2n) is 6.94. The maximum Gasteiger partial charge on any atom is 0.251 e. The highest BCUT2D eigenvalue weighted by molar-refractivity contribution is 7.89. The average Bonchev–Trinajstić information content (AvgIpc) is 2.98. The fraction of sp³-hybridized carbons (Fsp3) is 0.471. The Bertz CT molecular complexity index is 1050. The molecular formula is C17H22ClN5O3S2. The van der Waals surface area contributed by atoms with Gasteiger partial charge in [-0.05, 0) is 49.2 Å². The molecule has 0 saturated carbocycles. The molecule has 0 bridgehead atoms. The van der Waals surface area contributed by atoms with E-state index in [9.17, 15) is 13.2 Å². The van der Waals surface area contributed by atoms with Crippen LogP contribution in [0.3, 0.4) is 0 Å². The number of hydrogen-bond acceptors (Lipinski definition) is 5. The van der Waals surface area contributed by atoms with Crippen molar-refractivity contribution in [3.05, 3.63) is 39.4 Å². The molecule has 11 heteroatoms. The second kappa shape index (κ2) is 8.32. The van der Waals surface area contributed by atoms with E-state index in [1.54, 1.807) is 11.6 Å². The molecule has 3 rings (SSSR count). The van der Waals surface area contributed by atoms with Crippen LogP contribution in [0.4, 0.5) is 0 Å². The lowest BCUT2D eigenvalue weighted by Crippen LogP contribution is -2.39. The maximum absolute atomic E-state index is 13.0. The number of hydrogen-bond donors (Lipinski definition) is 2. The second-order valence-corrected chi connectivity index (χ2v) is 9.64. The van der Waals surface area contributed by atoms with Gasteiger partial charge >= 0.3 is 0 Å². The Kier molecular flexibility index (Phi) is 6.23. The van der Waals surface area contributed by atoms with Gasteiger partial charge in [-0.25, -0.2) is 8.42 Å². The smallest absolute Gasteiger partial charge is 0.251 e. The Balaban J connectivity index is 1.81. The van der Waals surface area contributed by atoms with Gasteiger partial charge in [-0.1, -0.05) is 18.5 Å². The maximum atomic E-state index is 13.0. The van der Waals surface area contributed by atoms with Gasteiger partial charge in [0.2, 0.25) is 10.0 Å². The van der Waals surface area contributed by atoms with E-state index in [2.05, 4.69) is 15.5 Å². The van der Waals surface area contributed by atoms with Crippen molar-refractivity contribution in [3.63, 3.8) is 0 Å². The number of H-pyrrole nitrogens is 1. The van der Waals surface area contributed by atoms with Crippen LogP contribution in [0.2, 0.25) is 5.02 Å². The summed E-state index contributed by atoms with van der Waals surface area (Å²) in [6.07, 6.45) is 1.81. The Morgan fingerprint density at radius 2 is 2.21 bits per heavy atom. The molecule has 0 aliphatic carbocycles. The number of amides is 1. The molecule has 2 aromatic rings. The van der Waals surface area contributed by atoms with Gasteiger partial charge in [0.05, 0.1) is 11.6 Å². The number of nitrogens with one attached hydrogen (secondary N) is 2. The normalized spacial score (nSPS) is 18.2. The zero-order chi connectivity index (χ0) is 20.5. The van der Waals surface area contributed by atoms with Crippen molar-refractivity contribution in [2.75, 3.05) is 13.1 Å². The van der Waals surface area contributed by atoms with E-state index < -0.39 is 15.9 Å². The Morgan fingerprint density at radius 3 is 2.86 bits per heavy atom. The fourth-order valence-corrected chi connectivity index (χ4v) is 5.39. The van der Waals surface area contributed by atoms with E-state index in [-0.39, 0.29) is 27.9 Å². The zero-order valence-electron chi connectivity index (χ0n) is 15.6. The van der Waals surface area contributed by atoms with Crippen LogP contribution in [-0.4, -0.2) is 46.5 Å². The third-order valence-corrected chi connectivity index (χ3v) is 7.52. The highest BCUT2D eigenvalue weighted by Crippen LogP contribution is 2.29. The van der Waals surface area contributed by atoms with Gasteiger partial charge in [0.15, 0.2) is 10.6 Å². The predicted molar refractivity (Wildman–Crippen MR) is 108 cm³/mol. The minimum atomic E-state index is -3.77. The van der Waals surface area contributed by atoms with Crippen LogP contribution < -0.4 is 5.32 Å². The lowest BCUT2D eigenvalue weighted by molar-refractivity contribution is 0.0949. The minimum absolute atomic E-state index is 0.0471. The lowest BCUT2D eigenvalue weighted by Gasteiger charge is -2.30. The molecule has 2 heterocycles. The molecule has 1 aliphatic heterocycles. The topological polar surface area (TPSA) is 100 Å². The molecule has 1 fully saturated rings. The molecule has 1 aromatic heterocycles. The van der Waals surface area contributed by atoms with Crippen LogP contribution in [-0.2, 0) is 23.6 Å². The van der Waals surface area contributed by atoms with E-state index in [4.69, 9.17) is 23.8 Å². The van der Waals surface area contributed by atoms with Crippen molar-refractivity contribution >= 4 is 39.7 Å². The highest BCUT2D eigenvalue weighted by atomic mass is 35.5. The van der Waals surface area contributed by atoms with Crippen LogP contribution in [0, 0.1) is 10.7 Å². The number of benzene rings is 1. The summed E-state index contributed by atoms with van der Waals surface area (Å²) in [5, 5.41) is 9.48. The quantitative estimate of drug-likeness (QED) is 0.691. The van der Waals surface area contributed by atoms with Crippen LogP contribution in [0.5, 0.6) is 0 Å². The van der Waals surface area contributed by atoms with E-state index in [0.717, 1.165) is 12.8 Å². The van der Waals surface area contributed by atoms with E-state index in [1.165, 1.54) is 22.5 Å². The van der Waals surface area contributed by atoms with E-state index in [1.807, 2.05) is 6.92 Å². The van der Waals surface area contributed by atoms with Crippen molar-refractivity contribution in [1.29, 1.82) is 0 Å².